The third-order valence-electron chi connectivity index (χ3n) is 6.19. The van der Waals surface area contributed by atoms with Crippen LogP contribution in [0.5, 0.6) is 0 Å². The van der Waals surface area contributed by atoms with Gasteiger partial charge >= 0.3 is 0 Å². The highest BCUT2D eigenvalue weighted by atomic mass is 32.2. The fourth-order valence-corrected chi connectivity index (χ4v) is 5.18. The molecule has 156 valence electrons. The van der Waals surface area contributed by atoms with Crippen LogP contribution in [0.3, 0.4) is 0 Å². The molecule has 1 aromatic carbocycles. The topological polar surface area (TPSA) is 75.0 Å². The molecule has 30 heavy (non-hydrogen) atoms. The molecule has 1 amide bonds. The van der Waals surface area contributed by atoms with Gasteiger partial charge in [0.2, 0.25) is 5.91 Å². The number of pyridine rings is 1. The van der Waals surface area contributed by atoms with Crippen LogP contribution in [-0.4, -0.2) is 36.4 Å². The molecule has 1 fully saturated rings. The lowest BCUT2D eigenvalue weighted by Crippen LogP contribution is -2.45. The quantitative estimate of drug-likeness (QED) is 0.719. The van der Waals surface area contributed by atoms with Crippen molar-refractivity contribution in [1.29, 1.82) is 5.26 Å². The largest absolute Gasteiger partial charge is 0.381 e. The van der Waals surface area contributed by atoms with Gasteiger partial charge < -0.3 is 10.1 Å². The van der Waals surface area contributed by atoms with Gasteiger partial charge in [-0.25, -0.2) is 4.98 Å². The molecule has 0 saturated carbocycles. The maximum absolute atomic E-state index is 12.6. The SMILES string of the molecule is N#Cc1cc2c(nc1SCC(=O)NCC1(c3ccccc3)CCOCC1)CCCC2. The Kier molecular flexibility index (Phi) is 6.71. The number of ether oxygens (including phenoxy) is 1. The number of thioether (sulfide) groups is 1. The molecule has 1 saturated heterocycles. The van der Waals surface area contributed by atoms with Crippen molar-refractivity contribution in [2.75, 3.05) is 25.5 Å². The highest BCUT2D eigenvalue weighted by Gasteiger charge is 2.34. The number of nitrogens with one attached hydrogen (secondary N) is 1. The summed E-state index contributed by atoms with van der Waals surface area (Å²) in [5.74, 6) is 0.243. The minimum Gasteiger partial charge on any atom is -0.381 e. The van der Waals surface area contributed by atoms with Crippen molar-refractivity contribution in [1.82, 2.24) is 10.3 Å². The Balaban J connectivity index is 1.40. The number of fused-ring (bicyclic) bond motifs is 1. The van der Waals surface area contributed by atoms with Crippen molar-refractivity contribution in [2.24, 2.45) is 0 Å². The van der Waals surface area contributed by atoms with E-state index >= 15 is 0 Å². The standard InChI is InChI=1S/C24H27N3O2S/c25-15-19-14-18-6-4-5-9-21(18)27-23(19)30-16-22(28)26-17-24(10-12-29-13-11-24)20-7-2-1-3-8-20/h1-3,7-8,14H,4-6,9-13,16-17H2,(H,26,28). The molecule has 0 spiro atoms. The second kappa shape index (κ2) is 9.63. The van der Waals surface area contributed by atoms with E-state index in [9.17, 15) is 10.1 Å². The van der Waals surface area contributed by atoms with Gasteiger partial charge in [0.25, 0.3) is 0 Å². The van der Waals surface area contributed by atoms with Crippen LogP contribution in [0.4, 0.5) is 0 Å². The van der Waals surface area contributed by atoms with Gasteiger partial charge in [-0.15, -0.1) is 0 Å². The molecule has 2 heterocycles. The molecule has 1 N–H and O–H groups in total. The molecule has 1 aromatic heterocycles. The first kappa shape index (κ1) is 20.9. The van der Waals surface area contributed by atoms with Crippen molar-refractivity contribution in [3.8, 4) is 6.07 Å². The molecule has 1 aliphatic heterocycles. The molecule has 2 aromatic rings. The number of carbonyl (C=O) groups excluding carboxylic acids is 1. The summed E-state index contributed by atoms with van der Waals surface area (Å²) in [5.41, 5.74) is 4.04. The predicted octanol–water partition coefficient (Wildman–Crippen LogP) is 3.79. The molecular weight excluding hydrogens is 394 g/mol. The van der Waals surface area contributed by atoms with Crippen LogP contribution in [0, 0.1) is 11.3 Å². The zero-order chi connectivity index (χ0) is 20.8. The monoisotopic (exact) mass is 421 g/mol. The lowest BCUT2D eigenvalue weighted by molar-refractivity contribution is -0.119. The first-order valence-corrected chi connectivity index (χ1v) is 11.6. The second-order valence-electron chi connectivity index (χ2n) is 8.09. The molecule has 2 aliphatic rings. The molecular formula is C24H27N3O2S. The van der Waals surface area contributed by atoms with Gasteiger partial charge in [0, 0.05) is 30.9 Å². The lowest BCUT2D eigenvalue weighted by Gasteiger charge is -2.38. The fourth-order valence-electron chi connectivity index (χ4n) is 4.38. The van der Waals surface area contributed by atoms with Gasteiger partial charge in [0.05, 0.1) is 11.3 Å². The van der Waals surface area contributed by atoms with Gasteiger partial charge in [-0.2, -0.15) is 5.26 Å². The summed E-state index contributed by atoms with van der Waals surface area (Å²) < 4.78 is 5.57. The van der Waals surface area contributed by atoms with Crippen LogP contribution in [0.15, 0.2) is 41.4 Å². The van der Waals surface area contributed by atoms with E-state index in [1.807, 2.05) is 12.1 Å². The summed E-state index contributed by atoms with van der Waals surface area (Å²) in [6.45, 7) is 2.02. The van der Waals surface area contributed by atoms with Crippen LogP contribution < -0.4 is 5.32 Å². The Morgan fingerprint density at radius 3 is 2.73 bits per heavy atom. The van der Waals surface area contributed by atoms with Gasteiger partial charge in [-0.3, -0.25) is 4.79 Å². The number of benzene rings is 1. The van der Waals surface area contributed by atoms with E-state index in [2.05, 4.69) is 35.7 Å². The Morgan fingerprint density at radius 2 is 1.97 bits per heavy atom. The zero-order valence-electron chi connectivity index (χ0n) is 17.2. The second-order valence-corrected chi connectivity index (χ2v) is 9.05. The highest BCUT2D eigenvalue weighted by Crippen LogP contribution is 2.34. The maximum Gasteiger partial charge on any atom is 0.230 e. The number of hydrogen-bond donors (Lipinski definition) is 1. The van der Waals surface area contributed by atoms with Gasteiger partial charge in [-0.1, -0.05) is 42.1 Å². The van der Waals surface area contributed by atoms with Gasteiger partial charge in [0.1, 0.15) is 11.1 Å². The average Bonchev–Trinajstić information content (AvgIpc) is 2.82. The van der Waals surface area contributed by atoms with Crippen molar-refractivity contribution in [3.63, 3.8) is 0 Å². The van der Waals surface area contributed by atoms with E-state index in [0.717, 1.165) is 44.2 Å². The van der Waals surface area contributed by atoms with Gasteiger partial charge in [0.15, 0.2) is 0 Å². The van der Waals surface area contributed by atoms with Crippen molar-refractivity contribution in [2.45, 2.75) is 49.0 Å². The molecule has 0 unspecified atom stereocenters. The number of nitrogens with zero attached hydrogens (tertiary/aromatic N) is 2. The molecule has 0 atom stereocenters. The normalized spacial score (nSPS) is 17.6. The Labute approximate surface area is 182 Å². The van der Waals surface area contributed by atoms with Crippen LogP contribution >= 0.6 is 11.8 Å². The minimum atomic E-state index is -0.0816. The van der Waals surface area contributed by atoms with Crippen molar-refractivity contribution >= 4 is 17.7 Å². The number of hydrogen-bond acceptors (Lipinski definition) is 5. The lowest BCUT2D eigenvalue weighted by atomic mass is 9.74. The minimum absolute atomic E-state index is 0.0230. The summed E-state index contributed by atoms with van der Waals surface area (Å²) in [5, 5.41) is 13.3. The number of nitriles is 1. The number of carbonyl (C=O) groups is 1. The summed E-state index contributed by atoms with van der Waals surface area (Å²) in [4.78, 5) is 17.4. The first-order valence-electron chi connectivity index (χ1n) is 10.7. The van der Waals surface area contributed by atoms with E-state index in [1.54, 1.807) is 0 Å². The van der Waals surface area contributed by atoms with Crippen molar-refractivity contribution in [3.05, 3.63) is 58.8 Å². The number of aromatic nitrogens is 1. The molecule has 5 nitrogen and oxygen atoms in total. The maximum atomic E-state index is 12.6. The van der Waals surface area contributed by atoms with E-state index < -0.39 is 0 Å². The Bertz CT molecular complexity index is 933. The van der Waals surface area contributed by atoms with E-state index in [4.69, 9.17) is 9.72 Å². The zero-order valence-corrected chi connectivity index (χ0v) is 18.0. The predicted molar refractivity (Wildman–Crippen MR) is 118 cm³/mol. The fraction of sp³-hybridized carbons (Fsp3) is 0.458. The van der Waals surface area contributed by atoms with Crippen LogP contribution in [0.2, 0.25) is 0 Å². The van der Waals surface area contributed by atoms with Crippen LogP contribution in [-0.2, 0) is 27.8 Å². The summed E-state index contributed by atoms with van der Waals surface area (Å²) in [6.07, 6.45) is 6.05. The number of aryl methyl sites for hydroxylation is 2. The highest BCUT2D eigenvalue weighted by molar-refractivity contribution is 8.00. The molecule has 1 aliphatic carbocycles. The average molecular weight is 422 g/mol. The molecule has 0 radical (unpaired) electrons. The van der Waals surface area contributed by atoms with Crippen LogP contribution in [0.1, 0.15) is 48.1 Å². The van der Waals surface area contributed by atoms with Crippen molar-refractivity contribution < 1.29 is 9.53 Å². The summed E-state index contributed by atoms with van der Waals surface area (Å²) in [6, 6.07) is 14.6. The molecule has 0 bridgehead atoms. The number of amides is 1. The third-order valence-corrected chi connectivity index (χ3v) is 7.18. The van der Waals surface area contributed by atoms with Crippen LogP contribution in [0.25, 0.3) is 0 Å². The van der Waals surface area contributed by atoms with E-state index in [1.165, 1.54) is 22.9 Å². The van der Waals surface area contributed by atoms with E-state index in [-0.39, 0.29) is 17.1 Å². The summed E-state index contributed by atoms with van der Waals surface area (Å²) >= 11 is 1.36. The summed E-state index contributed by atoms with van der Waals surface area (Å²) in [7, 11) is 0. The molecule has 4 rings (SSSR count). The van der Waals surface area contributed by atoms with Gasteiger partial charge in [-0.05, 0) is 55.7 Å². The first-order chi connectivity index (χ1) is 14.7. The Morgan fingerprint density at radius 1 is 1.20 bits per heavy atom. The molecule has 6 heteroatoms. The third kappa shape index (κ3) is 4.69. The Hall–Kier alpha value is -2.36. The van der Waals surface area contributed by atoms with E-state index in [0.29, 0.717) is 30.3 Å². The number of rotatable bonds is 6. The smallest absolute Gasteiger partial charge is 0.230 e.